The van der Waals surface area contributed by atoms with Crippen LogP contribution in [0.2, 0.25) is 10.0 Å². The number of amides is 1. The van der Waals surface area contributed by atoms with Gasteiger partial charge in [0.2, 0.25) is 12.2 Å². The minimum atomic E-state index is -1.20. The summed E-state index contributed by atoms with van der Waals surface area (Å²) in [5.74, 6) is -0.589. The summed E-state index contributed by atoms with van der Waals surface area (Å²) in [4.78, 5) is 30.3. The highest BCUT2D eigenvalue weighted by Gasteiger charge is 2.45. The van der Waals surface area contributed by atoms with Crippen LogP contribution < -0.4 is 20.6 Å². The molecule has 15 heteroatoms. The maximum absolute atomic E-state index is 12.7. The van der Waals surface area contributed by atoms with Crippen LogP contribution in [0, 0.1) is 0 Å². The van der Waals surface area contributed by atoms with Crippen LogP contribution in [0.25, 0.3) is 5.69 Å². The van der Waals surface area contributed by atoms with E-state index >= 15 is 0 Å². The number of benzene rings is 3. The molecule has 1 fully saturated rings. The molecule has 0 spiro atoms. The molecule has 13 nitrogen and oxygen atoms in total. The fourth-order valence-corrected chi connectivity index (χ4v) is 6.03. The first-order valence-electron chi connectivity index (χ1n) is 15.8. The number of hydrogen-bond acceptors (Lipinski definition) is 9. The van der Waals surface area contributed by atoms with Crippen molar-refractivity contribution in [1.29, 1.82) is 0 Å². The third-order valence-corrected chi connectivity index (χ3v) is 8.85. The summed E-state index contributed by atoms with van der Waals surface area (Å²) in [5.41, 5.74) is 2.77. The molecular weight excluding hydrogens is 671 g/mol. The van der Waals surface area contributed by atoms with Crippen molar-refractivity contribution in [2.24, 2.45) is 0 Å². The molecule has 3 aromatic carbocycles. The molecule has 5 aromatic rings. The van der Waals surface area contributed by atoms with E-state index in [0.29, 0.717) is 34.4 Å². The number of hydrogen-bond donors (Lipinski definition) is 1. The summed E-state index contributed by atoms with van der Waals surface area (Å²) < 4.78 is 23.3. The van der Waals surface area contributed by atoms with Gasteiger partial charge in [0.25, 0.3) is 0 Å². The number of nitrogens with zero attached hydrogens (tertiary/aromatic N) is 7. The number of carbonyl (C=O) groups excluding carboxylic acids is 1. The van der Waals surface area contributed by atoms with Crippen molar-refractivity contribution in [1.82, 2.24) is 29.1 Å². The zero-order valence-corrected chi connectivity index (χ0v) is 28.5. The molecule has 0 saturated carbocycles. The van der Waals surface area contributed by atoms with Gasteiger partial charge in [-0.1, -0.05) is 36.2 Å². The van der Waals surface area contributed by atoms with Gasteiger partial charge in [-0.3, -0.25) is 4.79 Å². The van der Waals surface area contributed by atoms with E-state index in [1.165, 1.54) is 21.9 Å². The van der Waals surface area contributed by atoms with E-state index in [2.05, 4.69) is 20.5 Å². The van der Waals surface area contributed by atoms with Crippen molar-refractivity contribution in [3.63, 3.8) is 0 Å². The lowest BCUT2D eigenvalue weighted by molar-refractivity contribution is -0.190. The van der Waals surface area contributed by atoms with Gasteiger partial charge in [-0.2, -0.15) is 10.2 Å². The van der Waals surface area contributed by atoms with Gasteiger partial charge in [0.15, 0.2) is 0 Å². The Morgan fingerprint density at radius 2 is 1.90 bits per heavy atom. The lowest BCUT2D eigenvalue weighted by Gasteiger charge is -2.29. The number of carbonyl (C=O) groups is 1. The van der Waals surface area contributed by atoms with Crippen LogP contribution in [-0.4, -0.2) is 67.9 Å². The maximum atomic E-state index is 12.7. The summed E-state index contributed by atoms with van der Waals surface area (Å²) >= 11 is 12.7. The van der Waals surface area contributed by atoms with Crippen molar-refractivity contribution in [3.05, 3.63) is 112 Å². The highest BCUT2D eigenvalue weighted by molar-refractivity contribution is 6.35. The highest BCUT2D eigenvalue weighted by Crippen LogP contribution is 2.40. The van der Waals surface area contributed by atoms with E-state index in [9.17, 15) is 9.59 Å². The summed E-state index contributed by atoms with van der Waals surface area (Å²) in [7, 11) is 0. The first-order chi connectivity index (χ1) is 23.8. The molecular formula is C34H36Cl2N8O5. The van der Waals surface area contributed by atoms with Crippen LogP contribution in [0.4, 0.5) is 11.4 Å². The van der Waals surface area contributed by atoms with E-state index in [4.69, 9.17) is 37.4 Å². The zero-order chi connectivity index (χ0) is 34.4. The van der Waals surface area contributed by atoms with Crippen molar-refractivity contribution in [2.75, 3.05) is 36.5 Å². The van der Waals surface area contributed by atoms with Crippen LogP contribution in [0.15, 0.2) is 90.5 Å². The molecule has 1 unspecified atom stereocenters. The number of aromatic nitrogens is 6. The van der Waals surface area contributed by atoms with Crippen molar-refractivity contribution in [3.8, 4) is 11.4 Å². The zero-order valence-electron chi connectivity index (χ0n) is 27.0. The van der Waals surface area contributed by atoms with Gasteiger partial charge in [0.1, 0.15) is 44.0 Å². The van der Waals surface area contributed by atoms with Gasteiger partial charge in [0, 0.05) is 35.1 Å². The number of nitrogens with one attached hydrogen (secondary N) is 1. The fourth-order valence-electron chi connectivity index (χ4n) is 5.48. The molecule has 1 amide bonds. The molecule has 0 bridgehead atoms. The molecule has 6 rings (SSSR count). The highest BCUT2D eigenvalue weighted by atomic mass is 35.5. The van der Waals surface area contributed by atoms with Gasteiger partial charge in [-0.05, 0) is 74.0 Å². The Bertz CT molecular complexity index is 1900. The maximum Gasteiger partial charge on any atom is 0.350 e. The molecule has 1 aliphatic heterocycles. The summed E-state index contributed by atoms with van der Waals surface area (Å²) in [6.07, 6.45) is 5.77. The van der Waals surface area contributed by atoms with Gasteiger partial charge in [-0.25, -0.2) is 23.7 Å². The predicted molar refractivity (Wildman–Crippen MR) is 186 cm³/mol. The smallest absolute Gasteiger partial charge is 0.350 e. The van der Waals surface area contributed by atoms with Gasteiger partial charge < -0.3 is 24.4 Å². The second-order valence-corrected chi connectivity index (χ2v) is 12.4. The second-order valence-electron chi connectivity index (χ2n) is 11.6. The number of halogens is 2. The SMILES string of the molecule is CCC(C)n1ncn(-c2ccc(NCCN(C=O)c3ccc(OC[C@H]4CO[C@](Cn5cncn5)(c5ccc(Cl)cc5Cl)O4)cc3)cc2)c1=O. The van der Waals surface area contributed by atoms with E-state index < -0.39 is 11.9 Å². The Morgan fingerprint density at radius 1 is 1.10 bits per heavy atom. The van der Waals surface area contributed by atoms with E-state index in [1.807, 2.05) is 50.2 Å². The third kappa shape index (κ3) is 7.81. The van der Waals surface area contributed by atoms with Crippen LogP contribution in [-0.2, 0) is 26.6 Å². The number of ether oxygens (including phenoxy) is 3. The Labute approximate surface area is 292 Å². The van der Waals surface area contributed by atoms with Crippen LogP contribution in [0.3, 0.4) is 0 Å². The van der Waals surface area contributed by atoms with Crippen LogP contribution in [0.1, 0.15) is 31.9 Å². The molecule has 0 radical (unpaired) electrons. The molecule has 1 saturated heterocycles. The molecule has 3 heterocycles. The molecule has 1 N–H and O–H groups in total. The van der Waals surface area contributed by atoms with Gasteiger partial charge >= 0.3 is 5.69 Å². The predicted octanol–water partition coefficient (Wildman–Crippen LogP) is 5.33. The second kappa shape index (κ2) is 15.2. The lowest BCUT2D eigenvalue weighted by Crippen LogP contribution is -2.35. The number of rotatable bonds is 15. The Kier molecular flexibility index (Phi) is 10.6. The normalized spacial score (nSPS) is 17.9. The average Bonchev–Trinajstić information content (AvgIpc) is 3.87. The monoisotopic (exact) mass is 706 g/mol. The molecule has 49 heavy (non-hydrogen) atoms. The Balaban J connectivity index is 1.01. The van der Waals surface area contributed by atoms with Crippen LogP contribution in [0.5, 0.6) is 5.75 Å². The van der Waals surface area contributed by atoms with E-state index in [0.717, 1.165) is 29.9 Å². The van der Waals surface area contributed by atoms with Crippen molar-refractivity contribution >= 4 is 41.0 Å². The largest absolute Gasteiger partial charge is 0.491 e. The third-order valence-electron chi connectivity index (χ3n) is 8.30. The summed E-state index contributed by atoms with van der Waals surface area (Å²) in [6, 6.07) is 19.9. The molecule has 1 aliphatic rings. The summed E-state index contributed by atoms with van der Waals surface area (Å²) in [5, 5.41) is 12.7. The quantitative estimate of drug-likeness (QED) is 0.144. The minimum absolute atomic E-state index is 0.0285. The standard InChI is InChI=1S/C34H36Cl2N8O5/c1-3-24(2)44-33(46)43(22-40-44)28-7-5-26(6-8-28)38-14-15-41(23-45)27-9-11-29(12-10-27)47-17-30-18-48-34(49-30,19-42-21-37-20-39-42)31-13-4-25(35)16-32(31)36/h4-13,16,20-24,30,38H,3,14-15,17-19H2,1-2H3/t24?,30-,34-/m0/s1. The number of anilines is 2. The van der Waals surface area contributed by atoms with Crippen molar-refractivity contribution in [2.45, 2.75) is 44.7 Å². The molecule has 2 aromatic heterocycles. The van der Waals surface area contributed by atoms with Gasteiger partial charge in [0.05, 0.1) is 23.4 Å². The first kappa shape index (κ1) is 34.2. The molecule has 3 atom stereocenters. The first-order valence-corrected chi connectivity index (χ1v) is 16.6. The van der Waals surface area contributed by atoms with E-state index in [1.54, 1.807) is 46.2 Å². The molecule has 0 aliphatic carbocycles. The average molecular weight is 708 g/mol. The van der Waals surface area contributed by atoms with Crippen LogP contribution >= 0.6 is 23.2 Å². The van der Waals surface area contributed by atoms with E-state index in [-0.39, 0.29) is 31.5 Å². The lowest BCUT2D eigenvalue weighted by atomic mass is 10.1. The van der Waals surface area contributed by atoms with Gasteiger partial charge in [-0.15, -0.1) is 0 Å². The van der Waals surface area contributed by atoms with Crippen molar-refractivity contribution < 1.29 is 19.0 Å². The minimum Gasteiger partial charge on any atom is -0.491 e. The fraction of sp³-hybridized carbons (Fsp3) is 0.324. The molecule has 256 valence electrons. The topological polar surface area (TPSA) is 131 Å². The Morgan fingerprint density at radius 3 is 2.59 bits per heavy atom. The summed E-state index contributed by atoms with van der Waals surface area (Å²) in [6.45, 7) is 5.64. The Hall–Kier alpha value is -4.69.